The van der Waals surface area contributed by atoms with E-state index in [4.69, 9.17) is 4.74 Å². The number of aromatic nitrogens is 2. The number of rotatable bonds is 7. The molecule has 0 N–H and O–H groups in total. The molecule has 30 heavy (non-hydrogen) atoms. The lowest BCUT2D eigenvalue weighted by molar-refractivity contribution is -0.132. The highest BCUT2D eigenvalue weighted by Gasteiger charge is 2.31. The van der Waals surface area contributed by atoms with E-state index in [1.54, 1.807) is 22.8 Å². The fraction of sp³-hybridized carbons (Fsp3) is 0.364. The lowest BCUT2D eigenvalue weighted by Gasteiger charge is -2.26. The zero-order valence-electron chi connectivity index (χ0n) is 16.6. The summed E-state index contributed by atoms with van der Waals surface area (Å²) < 4.78 is 33.2. The number of hydrogen-bond acceptors (Lipinski definition) is 4. The molecule has 1 fully saturated rings. The predicted molar refractivity (Wildman–Crippen MR) is 113 cm³/mol. The van der Waals surface area contributed by atoms with Crippen molar-refractivity contribution in [2.75, 3.05) is 13.2 Å². The number of alkyl halides is 2. The molecule has 1 aliphatic heterocycles. The third-order valence-electron chi connectivity index (χ3n) is 5.26. The topological polar surface area (TPSA) is 47.4 Å². The van der Waals surface area contributed by atoms with E-state index in [2.05, 4.69) is 4.98 Å². The van der Waals surface area contributed by atoms with Gasteiger partial charge in [0.2, 0.25) is 5.91 Å². The first-order valence-corrected chi connectivity index (χ1v) is 10.9. The Labute approximate surface area is 178 Å². The summed E-state index contributed by atoms with van der Waals surface area (Å²) in [5.41, 5.74) is 2.35. The van der Waals surface area contributed by atoms with Crippen molar-refractivity contribution in [3.05, 3.63) is 54.1 Å². The van der Waals surface area contributed by atoms with Gasteiger partial charge in [-0.1, -0.05) is 24.3 Å². The van der Waals surface area contributed by atoms with Crippen LogP contribution in [0.5, 0.6) is 5.75 Å². The number of thioether (sulfide) groups is 1. The second kappa shape index (κ2) is 9.04. The van der Waals surface area contributed by atoms with Gasteiger partial charge >= 0.3 is 0 Å². The molecule has 2 heterocycles. The number of ether oxygens (including phenoxy) is 1. The molecule has 0 bridgehead atoms. The lowest BCUT2D eigenvalue weighted by atomic mass is 10.0. The van der Waals surface area contributed by atoms with Gasteiger partial charge in [0, 0.05) is 6.54 Å². The molecular formula is C22H23F2N3O2S. The Morgan fingerprint density at radius 1 is 1.23 bits per heavy atom. The molecule has 1 amide bonds. The van der Waals surface area contributed by atoms with Crippen LogP contribution in [0.25, 0.3) is 11.0 Å². The molecule has 1 saturated heterocycles. The summed E-state index contributed by atoms with van der Waals surface area (Å²) >= 11 is 0.373. The van der Waals surface area contributed by atoms with Crippen LogP contribution in [0, 0.1) is 0 Å². The van der Waals surface area contributed by atoms with E-state index in [0.717, 1.165) is 24.2 Å². The number of benzene rings is 2. The van der Waals surface area contributed by atoms with Crippen LogP contribution in [0.4, 0.5) is 8.78 Å². The van der Waals surface area contributed by atoms with Gasteiger partial charge in [0.15, 0.2) is 5.16 Å². The zero-order valence-corrected chi connectivity index (χ0v) is 17.4. The first-order chi connectivity index (χ1) is 14.6. The Balaban J connectivity index is 1.57. The summed E-state index contributed by atoms with van der Waals surface area (Å²) in [6, 6.07) is 15.0. The molecule has 3 aromatic rings. The molecule has 4 rings (SSSR count). The molecule has 1 aliphatic rings. The normalized spacial score (nSPS) is 16.5. The van der Waals surface area contributed by atoms with Crippen molar-refractivity contribution >= 4 is 28.7 Å². The van der Waals surface area contributed by atoms with E-state index >= 15 is 0 Å². The number of para-hydroxylation sites is 2. The van der Waals surface area contributed by atoms with E-state index in [0.29, 0.717) is 35.9 Å². The van der Waals surface area contributed by atoms with Crippen LogP contribution in [0.15, 0.2) is 53.7 Å². The summed E-state index contributed by atoms with van der Waals surface area (Å²) in [5, 5.41) is 0.163. The average Bonchev–Trinajstić information content (AvgIpc) is 3.34. The van der Waals surface area contributed by atoms with Crippen LogP contribution < -0.4 is 4.74 Å². The molecule has 0 spiro atoms. The molecule has 0 aliphatic carbocycles. The van der Waals surface area contributed by atoms with E-state index in [1.807, 2.05) is 42.2 Å². The summed E-state index contributed by atoms with van der Waals surface area (Å²) in [7, 11) is 0. The van der Waals surface area contributed by atoms with Gasteiger partial charge in [0.25, 0.3) is 5.76 Å². The van der Waals surface area contributed by atoms with Crippen LogP contribution in [0.2, 0.25) is 0 Å². The highest BCUT2D eigenvalue weighted by molar-refractivity contribution is 7.99. The number of likely N-dealkylation sites (tertiary alicyclic amines) is 1. The molecule has 158 valence electrons. The molecule has 1 aromatic heterocycles. The number of carbonyl (C=O) groups is 1. The van der Waals surface area contributed by atoms with Crippen LogP contribution >= 0.6 is 11.8 Å². The van der Waals surface area contributed by atoms with Crippen LogP contribution in [-0.4, -0.2) is 39.3 Å². The van der Waals surface area contributed by atoms with E-state index in [1.165, 1.54) is 0 Å². The molecule has 0 radical (unpaired) electrons. The zero-order chi connectivity index (χ0) is 21.1. The first kappa shape index (κ1) is 20.7. The van der Waals surface area contributed by atoms with Gasteiger partial charge < -0.3 is 14.2 Å². The molecular weight excluding hydrogens is 408 g/mol. The van der Waals surface area contributed by atoms with Crippen molar-refractivity contribution in [2.24, 2.45) is 0 Å². The third kappa shape index (κ3) is 4.28. The Hall–Kier alpha value is -2.61. The number of nitrogens with zero attached hydrogens (tertiary/aromatic N) is 3. The van der Waals surface area contributed by atoms with Crippen molar-refractivity contribution < 1.29 is 18.3 Å². The van der Waals surface area contributed by atoms with Crippen molar-refractivity contribution in [2.45, 2.75) is 43.3 Å². The molecule has 2 aromatic carbocycles. The third-order valence-corrected chi connectivity index (χ3v) is 5.96. The van der Waals surface area contributed by atoms with Crippen molar-refractivity contribution in [3.63, 3.8) is 0 Å². The van der Waals surface area contributed by atoms with Crippen molar-refractivity contribution in [1.29, 1.82) is 0 Å². The number of amides is 1. The van der Waals surface area contributed by atoms with Crippen molar-refractivity contribution in [1.82, 2.24) is 14.5 Å². The quantitative estimate of drug-likeness (QED) is 0.488. The van der Waals surface area contributed by atoms with E-state index in [-0.39, 0.29) is 23.7 Å². The maximum Gasteiger partial charge on any atom is 0.291 e. The average molecular weight is 432 g/mol. The molecule has 8 heteroatoms. The highest BCUT2D eigenvalue weighted by atomic mass is 32.2. The van der Waals surface area contributed by atoms with E-state index in [9.17, 15) is 13.6 Å². The smallest absolute Gasteiger partial charge is 0.291 e. The maximum absolute atomic E-state index is 13.2. The van der Waals surface area contributed by atoms with Gasteiger partial charge in [-0.15, -0.1) is 0 Å². The van der Waals surface area contributed by atoms with Gasteiger partial charge in [0.1, 0.15) is 12.3 Å². The van der Waals surface area contributed by atoms with Gasteiger partial charge in [-0.05, 0) is 61.4 Å². The van der Waals surface area contributed by atoms with Crippen molar-refractivity contribution in [3.8, 4) is 5.75 Å². The number of carbonyl (C=O) groups excluding carboxylic acids is 1. The SMILES string of the molecule is CCOc1ccc(C2CCCN2C(=O)Cn2c(SC(F)F)nc3ccccc32)cc1. The number of halogens is 2. The highest BCUT2D eigenvalue weighted by Crippen LogP contribution is 2.34. The molecule has 5 nitrogen and oxygen atoms in total. The minimum absolute atomic E-state index is 0.0108. The number of imidazole rings is 1. The lowest BCUT2D eigenvalue weighted by Crippen LogP contribution is -2.33. The van der Waals surface area contributed by atoms with Gasteiger partial charge in [-0.3, -0.25) is 4.79 Å². The molecule has 1 atom stereocenters. The molecule has 1 unspecified atom stereocenters. The first-order valence-electron chi connectivity index (χ1n) is 9.99. The number of hydrogen-bond donors (Lipinski definition) is 0. The minimum atomic E-state index is -2.60. The minimum Gasteiger partial charge on any atom is -0.494 e. The van der Waals surface area contributed by atoms with Crippen LogP contribution in [0.3, 0.4) is 0 Å². The fourth-order valence-corrected chi connectivity index (χ4v) is 4.57. The Bertz CT molecular complexity index is 1020. The summed E-state index contributed by atoms with van der Waals surface area (Å²) in [4.78, 5) is 19.4. The maximum atomic E-state index is 13.2. The van der Waals surface area contributed by atoms with Crippen LogP contribution in [-0.2, 0) is 11.3 Å². The molecule has 0 saturated carbocycles. The van der Waals surface area contributed by atoms with E-state index < -0.39 is 5.76 Å². The largest absolute Gasteiger partial charge is 0.494 e. The predicted octanol–water partition coefficient (Wildman–Crippen LogP) is 5.11. The number of fused-ring (bicyclic) bond motifs is 1. The Morgan fingerprint density at radius 2 is 2.00 bits per heavy atom. The summed E-state index contributed by atoms with van der Waals surface area (Å²) in [6.07, 6.45) is 1.79. The van der Waals surface area contributed by atoms with Gasteiger partial charge in [-0.25, -0.2) is 4.98 Å². The van der Waals surface area contributed by atoms with Gasteiger partial charge in [-0.2, -0.15) is 8.78 Å². The Kier molecular flexibility index (Phi) is 6.22. The monoisotopic (exact) mass is 431 g/mol. The summed E-state index contributed by atoms with van der Waals surface area (Å²) in [6.45, 7) is 3.18. The fourth-order valence-electron chi connectivity index (χ4n) is 3.97. The standard InChI is InChI=1S/C22H23F2N3O2S/c1-2-29-16-11-9-15(10-12-16)18-8-5-13-26(18)20(28)14-27-19-7-4-3-6-17(19)25-22(27)30-21(23)24/h3-4,6-7,9-12,18,21H,2,5,8,13-14H2,1H3. The second-order valence-corrected chi connectivity index (χ2v) is 8.05. The Morgan fingerprint density at radius 3 is 2.73 bits per heavy atom. The summed E-state index contributed by atoms with van der Waals surface area (Å²) in [5.74, 6) is -1.89. The van der Waals surface area contributed by atoms with Crippen LogP contribution in [0.1, 0.15) is 31.4 Å². The second-order valence-electron chi connectivity index (χ2n) is 7.09. The van der Waals surface area contributed by atoms with Gasteiger partial charge in [0.05, 0.1) is 23.7 Å².